The molecular formula is C45H37NaNiO4P2S. The minimum Gasteiger partial charge on any atom is -0.871 e. The Morgan fingerprint density at radius 3 is 1.09 bits per heavy atom. The molecule has 0 amide bonds. The molecule has 0 radical (unpaired) electrons. The summed E-state index contributed by atoms with van der Waals surface area (Å²) in [6, 6.07) is 69.0. The first-order valence-electron chi connectivity index (χ1n) is 16.5. The van der Waals surface area contributed by atoms with Crippen molar-refractivity contribution >= 4 is 58.2 Å². The molecule has 0 atom stereocenters. The molecule has 0 aliphatic rings. The maximum absolute atomic E-state index is 13.1. The van der Waals surface area contributed by atoms with Gasteiger partial charge in [0.15, 0.2) is 0 Å². The summed E-state index contributed by atoms with van der Waals surface area (Å²) in [6.45, 7) is 1.87. The Morgan fingerprint density at radius 2 is 0.815 bits per heavy atom. The molecule has 0 spiro atoms. The molecule has 0 saturated heterocycles. The van der Waals surface area contributed by atoms with Crippen molar-refractivity contribution in [1.29, 1.82) is 0 Å². The summed E-state index contributed by atoms with van der Waals surface area (Å²) in [4.78, 5) is 0. The molecule has 268 valence electrons. The molecule has 0 saturated carbocycles. The van der Waals surface area contributed by atoms with Crippen LogP contribution in [-0.2, 0) is 26.6 Å². The van der Waals surface area contributed by atoms with Crippen molar-refractivity contribution in [2.24, 2.45) is 0 Å². The summed E-state index contributed by atoms with van der Waals surface area (Å²) in [5.74, 6) is -0.746. The molecule has 0 heterocycles. The van der Waals surface area contributed by atoms with Gasteiger partial charge in [-0.1, -0.05) is 187 Å². The Balaban J connectivity index is 0.000000252. The van der Waals surface area contributed by atoms with Crippen LogP contribution in [0.15, 0.2) is 211 Å². The van der Waals surface area contributed by atoms with Crippen LogP contribution < -0.4 is 61.2 Å². The SMILES string of the molecule is Cc1ccc(/C([O-])=C(/P(c2ccccc2)c2ccccc2)S(=O)(=O)[O-])cc1.[Na+].[Ni+2].[c-]1ccccc1.c1ccc(P(c2ccccc2)c2ccccc2)cc1. The third-order valence-electron chi connectivity index (χ3n) is 7.63. The van der Waals surface area contributed by atoms with E-state index in [0.29, 0.717) is 10.6 Å². The maximum Gasteiger partial charge on any atom is 2.00 e. The van der Waals surface area contributed by atoms with E-state index in [2.05, 4.69) is 97.1 Å². The van der Waals surface area contributed by atoms with E-state index in [1.165, 1.54) is 15.9 Å². The standard InChI is InChI=1S/C21H19O4PS.C18H15P.C6H5.Na.Ni/c1-16-12-14-17(15-13-16)20(22)21(27(23,24)25)26(18-8-4-2-5-9-18)19-10-6-3-7-11-19;1-4-10-16(11-5-1)19(17-12-6-2-7-13-17)18-14-8-3-9-15-18;1-2-4-6-5-3-1;;/h2-15,22H,1H3,(H,23,24,25);1-15H;1-5H;;/q;;-1;+1;+2/p-2/b21-20+;;;;. The van der Waals surface area contributed by atoms with Crippen LogP contribution in [0, 0.1) is 13.0 Å². The Morgan fingerprint density at radius 1 is 0.500 bits per heavy atom. The molecule has 0 aromatic heterocycles. The van der Waals surface area contributed by atoms with Gasteiger partial charge in [0.05, 0.1) is 4.65 Å². The van der Waals surface area contributed by atoms with Crippen LogP contribution in [-0.4, -0.2) is 13.0 Å². The smallest absolute Gasteiger partial charge is 0.871 e. The Labute approximate surface area is 354 Å². The molecule has 0 bridgehead atoms. The third-order valence-corrected chi connectivity index (χ3v) is 14.2. The Kier molecular flexibility index (Phi) is 19.3. The second kappa shape index (κ2) is 23.3. The van der Waals surface area contributed by atoms with Crippen LogP contribution in [0.2, 0.25) is 0 Å². The molecule has 0 aliphatic heterocycles. The first kappa shape index (κ1) is 44.7. The van der Waals surface area contributed by atoms with E-state index in [4.69, 9.17) is 0 Å². The van der Waals surface area contributed by atoms with Crippen molar-refractivity contribution in [2.75, 3.05) is 0 Å². The van der Waals surface area contributed by atoms with Gasteiger partial charge in [0, 0.05) is 0 Å². The first-order chi connectivity index (χ1) is 25.3. The van der Waals surface area contributed by atoms with Gasteiger partial charge >= 0.3 is 46.0 Å². The number of aryl methyl sites for hydroxylation is 1. The fraction of sp³-hybridized carbons (Fsp3) is 0.0222. The number of benzene rings is 7. The fourth-order valence-corrected chi connectivity index (χ4v) is 11.4. The molecule has 0 fully saturated rings. The summed E-state index contributed by atoms with van der Waals surface area (Å²) in [5.41, 5.74) is 1.13. The zero-order chi connectivity index (χ0) is 36.6. The normalized spacial score (nSPS) is 11.0. The molecular weight excluding hydrogens is 780 g/mol. The van der Waals surface area contributed by atoms with E-state index in [1.807, 2.05) is 37.3 Å². The third kappa shape index (κ3) is 13.3. The van der Waals surface area contributed by atoms with E-state index >= 15 is 0 Å². The van der Waals surface area contributed by atoms with Crippen LogP contribution in [0.1, 0.15) is 11.1 Å². The Bertz CT molecular complexity index is 2060. The van der Waals surface area contributed by atoms with Gasteiger partial charge in [-0.15, -0.1) is 0 Å². The quantitative estimate of drug-likeness (QED) is 0.0740. The zero-order valence-electron chi connectivity index (χ0n) is 29.9. The van der Waals surface area contributed by atoms with Gasteiger partial charge in [-0.2, -0.15) is 36.4 Å². The maximum atomic E-state index is 13.1. The summed E-state index contributed by atoms with van der Waals surface area (Å²) in [6.07, 6.45) is 0. The van der Waals surface area contributed by atoms with Gasteiger partial charge in [0.2, 0.25) is 0 Å². The van der Waals surface area contributed by atoms with Crippen LogP contribution in [0.4, 0.5) is 0 Å². The second-order valence-electron chi connectivity index (χ2n) is 11.4. The fourth-order valence-electron chi connectivity index (χ4n) is 5.21. The van der Waals surface area contributed by atoms with Crippen LogP contribution in [0.3, 0.4) is 0 Å². The van der Waals surface area contributed by atoms with Crippen LogP contribution >= 0.6 is 15.8 Å². The molecule has 4 nitrogen and oxygen atoms in total. The molecule has 54 heavy (non-hydrogen) atoms. The average molecular weight is 817 g/mol. The first-order valence-corrected chi connectivity index (χ1v) is 20.6. The van der Waals surface area contributed by atoms with Crippen molar-refractivity contribution in [3.05, 3.63) is 228 Å². The van der Waals surface area contributed by atoms with Crippen molar-refractivity contribution in [3.63, 3.8) is 0 Å². The molecule has 7 rings (SSSR count). The van der Waals surface area contributed by atoms with Crippen molar-refractivity contribution in [3.8, 4) is 0 Å². The monoisotopic (exact) mass is 816 g/mol. The molecule has 7 aromatic rings. The van der Waals surface area contributed by atoms with E-state index in [0.717, 1.165) is 5.56 Å². The van der Waals surface area contributed by atoms with E-state index < -0.39 is 36.4 Å². The summed E-state index contributed by atoms with van der Waals surface area (Å²) < 4.78 is 36.0. The van der Waals surface area contributed by atoms with E-state index in [-0.39, 0.29) is 51.6 Å². The van der Waals surface area contributed by atoms with Gasteiger partial charge in [-0.3, -0.25) is 0 Å². The molecule has 0 unspecified atom stereocenters. The summed E-state index contributed by atoms with van der Waals surface area (Å²) in [7, 11) is -7.22. The molecule has 0 aliphatic carbocycles. The summed E-state index contributed by atoms with van der Waals surface area (Å²) in [5, 5.41) is 18.6. The Hall–Kier alpha value is -3.66. The molecule has 0 N–H and O–H groups in total. The predicted molar refractivity (Wildman–Crippen MR) is 217 cm³/mol. The summed E-state index contributed by atoms with van der Waals surface area (Å²) >= 11 is 0. The largest absolute Gasteiger partial charge is 2.00 e. The van der Waals surface area contributed by atoms with Crippen LogP contribution in [0.25, 0.3) is 5.76 Å². The van der Waals surface area contributed by atoms with Gasteiger partial charge in [-0.05, 0) is 54.9 Å². The van der Waals surface area contributed by atoms with E-state index in [9.17, 15) is 18.1 Å². The predicted octanol–water partition coefficient (Wildman–Crippen LogP) is 4.59. The van der Waals surface area contributed by atoms with Gasteiger partial charge in [-0.25, -0.2) is 8.42 Å². The van der Waals surface area contributed by atoms with Gasteiger partial charge < -0.3 is 9.66 Å². The average Bonchev–Trinajstić information content (AvgIpc) is 3.20. The van der Waals surface area contributed by atoms with Crippen molar-refractivity contribution in [1.82, 2.24) is 0 Å². The minimum absolute atomic E-state index is 0. The number of hydrogen-bond donors (Lipinski definition) is 0. The zero-order valence-corrected chi connectivity index (χ0v) is 35.5. The van der Waals surface area contributed by atoms with Crippen LogP contribution in [0.5, 0.6) is 0 Å². The van der Waals surface area contributed by atoms with Crippen molar-refractivity contribution < 1.29 is 64.1 Å². The van der Waals surface area contributed by atoms with Gasteiger partial charge in [0.25, 0.3) is 0 Å². The van der Waals surface area contributed by atoms with Gasteiger partial charge in [0.1, 0.15) is 10.1 Å². The molecule has 9 heteroatoms. The molecule has 7 aromatic carbocycles. The topological polar surface area (TPSA) is 80.3 Å². The minimum atomic E-state index is -4.97. The van der Waals surface area contributed by atoms with Crippen molar-refractivity contribution in [2.45, 2.75) is 6.92 Å². The number of rotatable bonds is 8. The second-order valence-corrected chi connectivity index (χ2v) is 17.4. The number of hydrogen-bond acceptors (Lipinski definition) is 4. The van der Waals surface area contributed by atoms with E-state index in [1.54, 1.807) is 84.9 Å².